The lowest BCUT2D eigenvalue weighted by atomic mass is 9.88. The van der Waals surface area contributed by atoms with Crippen LogP contribution < -0.4 is 10.5 Å². The van der Waals surface area contributed by atoms with Crippen LogP contribution in [0, 0.1) is 0 Å². The van der Waals surface area contributed by atoms with Gasteiger partial charge < -0.3 is 15.2 Å². The van der Waals surface area contributed by atoms with E-state index in [4.69, 9.17) is 15.2 Å². The maximum Gasteiger partial charge on any atom is 0.391 e. The lowest BCUT2D eigenvalue weighted by molar-refractivity contribution is -0.179. The largest absolute Gasteiger partial charge is 0.494 e. The molecule has 136 valence electrons. The summed E-state index contributed by atoms with van der Waals surface area (Å²) in [5.41, 5.74) is 3.23. The summed E-state index contributed by atoms with van der Waals surface area (Å²) in [6.45, 7) is 7.04. The zero-order valence-electron chi connectivity index (χ0n) is 14.4. The maximum absolute atomic E-state index is 12.9. The second-order valence-electron chi connectivity index (χ2n) is 6.70. The fourth-order valence-electron chi connectivity index (χ4n) is 2.18. The second-order valence-corrected chi connectivity index (χ2v) is 6.70. The zero-order valence-corrected chi connectivity index (χ0v) is 14.4. The van der Waals surface area contributed by atoms with Gasteiger partial charge in [-0.1, -0.05) is 12.1 Å². The first-order chi connectivity index (χ1) is 10.8. The molecule has 0 saturated heterocycles. The standard InChI is InChI=1S/C17H24F3NO3/c1-5-23-13-8-6-12(7-9-13)10-16(21,11-17(18,19)20)14(22)24-15(2,3)4/h6-9H,5,10-11,21H2,1-4H3/t16-/m1/s1. The quantitative estimate of drug-likeness (QED) is 0.799. The average molecular weight is 347 g/mol. The van der Waals surface area contributed by atoms with E-state index in [2.05, 4.69) is 0 Å². The smallest absolute Gasteiger partial charge is 0.391 e. The molecular formula is C17H24F3NO3. The number of carbonyl (C=O) groups is 1. The minimum atomic E-state index is -4.59. The molecule has 0 aliphatic heterocycles. The number of hydrogen-bond acceptors (Lipinski definition) is 4. The van der Waals surface area contributed by atoms with Crippen molar-refractivity contribution in [3.05, 3.63) is 29.8 Å². The van der Waals surface area contributed by atoms with Crippen molar-refractivity contribution in [1.29, 1.82) is 0 Å². The molecule has 0 heterocycles. The Labute approximate surface area is 140 Å². The summed E-state index contributed by atoms with van der Waals surface area (Å²) >= 11 is 0. The molecular weight excluding hydrogens is 323 g/mol. The predicted molar refractivity (Wildman–Crippen MR) is 84.8 cm³/mol. The first-order valence-corrected chi connectivity index (χ1v) is 7.65. The minimum Gasteiger partial charge on any atom is -0.494 e. The maximum atomic E-state index is 12.9. The summed E-state index contributed by atoms with van der Waals surface area (Å²) in [7, 11) is 0. The van der Waals surface area contributed by atoms with Crippen molar-refractivity contribution in [1.82, 2.24) is 0 Å². The fraction of sp³-hybridized carbons (Fsp3) is 0.588. The molecule has 24 heavy (non-hydrogen) atoms. The molecule has 2 N–H and O–H groups in total. The van der Waals surface area contributed by atoms with Crippen LogP contribution in [0.5, 0.6) is 5.75 Å². The van der Waals surface area contributed by atoms with Gasteiger partial charge >= 0.3 is 12.1 Å². The van der Waals surface area contributed by atoms with E-state index in [1.165, 1.54) is 0 Å². The third-order valence-electron chi connectivity index (χ3n) is 3.08. The Balaban J connectivity index is 3.02. The summed E-state index contributed by atoms with van der Waals surface area (Å²) in [6.07, 6.45) is -6.33. The lowest BCUT2D eigenvalue weighted by Gasteiger charge is -2.32. The summed E-state index contributed by atoms with van der Waals surface area (Å²) in [5.74, 6) is -0.474. The second kappa shape index (κ2) is 7.42. The van der Waals surface area contributed by atoms with Gasteiger partial charge in [-0.2, -0.15) is 13.2 Å². The number of benzene rings is 1. The van der Waals surface area contributed by atoms with Crippen molar-refractivity contribution in [2.24, 2.45) is 5.73 Å². The molecule has 4 nitrogen and oxygen atoms in total. The number of hydrogen-bond donors (Lipinski definition) is 1. The van der Waals surface area contributed by atoms with Gasteiger partial charge in [0, 0.05) is 6.42 Å². The highest BCUT2D eigenvalue weighted by atomic mass is 19.4. The van der Waals surface area contributed by atoms with E-state index < -0.39 is 29.7 Å². The van der Waals surface area contributed by atoms with Crippen LogP contribution in [0.15, 0.2) is 24.3 Å². The molecule has 0 unspecified atom stereocenters. The summed E-state index contributed by atoms with van der Waals surface area (Å²) in [6, 6.07) is 6.44. The van der Waals surface area contributed by atoms with E-state index in [-0.39, 0.29) is 6.42 Å². The summed E-state index contributed by atoms with van der Waals surface area (Å²) < 4.78 is 49.1. The highest BCUT2D eigenvalue weighted by Crippen LogP contribution is 2.31. The highest BCUT2D eigenvalue weighted by Gasteiger charge is 2.47. The number of carbonyl (C=O) groups excluding carboxylic acids is 1. The van der Waals surface area contributed by atoms with Crippen LogP contribution in [-0.4, -0.2) is 29.9 Å². The molecule has 0 aliphatic rings. The van der Waals surface area contributed by atoms with Gasteiger partial charge in [0.05, 0.1) is 13.0 Å². The summed E-state index contributed by atoms with van der Waals surface area (Å²) in [4.78, 5) is 12.3. The van der Waals surface area contributed by atoms with Crippen LogP contribution in [0.25, 0.3) is 0 Å². The number of ether oxygens (including phenoxy) is 2. The number of rotatable bonds is 6. The highest BCUT2D eigenvalue weighted by molar-refractivity contribution is 5.81. The van der Waals surface area contributed by atoms with E-state index in [1.807, 2.05) is 6.92 Å². The van der Waals surface area contributed by atoms with Crippen LogP contribution >= 0.6 is 0 Å². The van der Waals surface area contributed by atoms with Gasteiger partial charge in [0.25, 0.3) is 0 Å². The van der Waals surface area contributed by atoms with Crippen molar-refractivity contribution in [2.45, 2.75) is 57.9 Å². The first kappa shape index (κ1) is 20.3. The van der Waals surface area contributed by atoms with Crippen LogP contribution in [0.2, 0.25) is 0 Å². The predicted octanol–water partition coefficient (Wildman–Crippen LogP) is 3.62. The topological polar surface area (TPSA) is 61.5 Å². The third-order valence-corrected chi connectivity index (χ3v) is 3.08. The van der Waals surface area contributed by atoms with Crippen molar-refractivity contribution in [3.63, 3.8) is 0 Å². The SMILES string of the molecule is CCOc1ccc(C[C@@](N)(CC(F)(F)F)C(=O)OC(C)(C)C)cc1. The number of nitrogens with two attached hydrogens (primary N) is 1. The van der Waals surface area contributed by atoms with Crippen LogP contribution in [0.3, 0.4) is 0 Å². The third kappa shape index (κ3) is 6.78. The molecule has 0 aromatic heterocycles. The Hall–Kier alpha value is -1.76. The molecule has 0 amide bonds. The van der Waals surface area contributed by atoms with E-state index in [0.29, 0.717) is 17.9 Å². The van der Waals surface area contributed by atoms with Crippen molar-refractivity contribution < 1.29 is 27.4 Å². The Morgan fingerprint density at radius 1 is 1.12 bits per heavy atom. The monoisotopic (exact) mass is 347 g/mol. The molecule has 0 bridgehead atoms. The van der Waals surface area contributed by atoms with Gasteiger partial charge in [0.15, 0.2) is 0 Å². The number of esters is 1. The van der Waals surface area contributed by atoms with E-state index in [1.54, 1.807) is 45.0 Å². The van der Waals surface area contributed by atoms with Crippen molar-refractivity contribution >= 4 is 5.97 Å². The van der Waals surface area contributed by atoms with Crippen LogP contribution in [-0.2, 0) is 16.0 Å². The van der Waals surface area contributed by atoms with Crippen molar-refractivity contribution in [2.75, 3.05) is 6.61 Å². The van der Waals surface area contributed by atoms with Gasteiger partial charge in [-0.15, -0.1) is 0 Å². The fourth-order valence-corrected chi connectivity index (χ4v) is 2.18. The van der Waals surface area contributed by atoms with Gasteiger partial charge in [-0.25, -0.2) is 0 Å². The molecule has 0 aliphatic carbocycles. The Morgan fingerprint density at radius 3 is 2.08 bits per heavy atom. The molecule has 1 atom stereocenters. The Bertz CT molecular complexity index is 550. The molecule has 0 radical (unpaired) electrons. The van der Waals surface area contributed by atoms with Crippen LogP contribution in [0.4, 0.5) is 13.2 Å². The first-order valence-electron chi connectivity index (χ1n) is 7.65. The molecule has 0 spiro atoms. The van der Waals surface area contributed by atoms with E-state index in [9.17, 15) is 18.0 Å². The van der Waals surface area contributed by atoms with Crippen LogP contribution in [0.1, 0.15) is 39.7 Å². The minimum absolute atomic E-state index is 0.284. The molecule has 0 saturated carbocycles. The molecule has 1 rings (SSSR count). The Morgan fingerprint density at radius 2 is 1.67 bits per heavy atom. The molecule has 1 aromatic rings. The molecule has 1 aromatic carbocycles. The van der Waals surface area contributed by atoms with E-state index >= 15 is 0 Å². The molecule has 0 fully saturated rings. The van der Waals surface area contributed by atoms with Crippen molar-refractivity contribution in [3.8, 4) is 5.75 Å². The zero-order chi connectivity index (χ0) is 18.6. The molecule has 7 heteroatoms. The van der Waals surface area contributed by atoms with Gasteiger partial charge in [-0.3, -0.25) is 4.79 Å². The average Bonchev–Trinajstić information content (AvgIpc) is 2.37. The lowest BCUT2D eigenvalue weighted by Crippen LogP contribution is -2.55. The number of halogens is 3. The number of alkyl halides is 3. The van der Waals surface area contributed by atoms with E-state index in [0.717, 1.165) is 0 Å². The normalized spacial score (nSPS) is 14.8. The van der Waals surface area contributed by atoms with Gasteiger partial charge in [0.1, 0.15) is 16.9 Å². The van der Waals surface area contributed by atoms with Gasteiger partial charge in [0.2, 0.25) is 0 Å². The Kier molecular flexibility index (Phi) is 6.27. The van der Waals surface area contributed by atoms with Gasteiger partial charge in [-0.05, 0) is 45.4 Å². The summed E-state index contributed by atoms with van der Waals surface area (Å²) in [5, 5.41) is 0.